The maximum atomic E-state index is 5.83. The molecule has 2 aromatic rings. The normalized spacial score (nSPS) is 10.2. The number of thioether (sulfide) groups is 1. The molecule has 2 nitrogen and oxygen atoms in total. The average Bonchev–Trinajstić information content (AvgIpc) is 2.41. The van der Waals surface area contributed by atoms with Gasteiger partial charge in [0, 0.05) is 9.37 Å². The van der Waals surface area contributed by atoms with Crippen molar-refractivity contribution in [3.05, 3.63) is 52.5 Å². The summed E-state index contributed by atoms with van der Waals surface area (Å²) in [6.45, 7) is 0. The van der Waals surface area contributed by atoms with Crippen LogP contribution in [-0.2, 0) is 0 Å². The van der Waals surface area contributed by atoms with E-state index in [9.17, 15) is 0 Å². The van der Waals surface area contributed by atoms with Gasteiger partial charge in [-0.15, -0.1) is 11.8 Å². The van der Waals surface area contributed by atoms with Gasteiger partial charge in [-0.2, -0.15) is 0 Å². The van der Waals surface area contributed by atoms with Gasteiger partial charge in [-0.3, -0.25) is 0 Å². The van der Waals surface area contributed by atoms with E-state index >= 15 is 0 Å². The summed E-state index contributed by atoms with van der Waals surface area (Å²) in [5, 5.41) is 0. The molecule has 0 saturated heterocycles. The third-order valence-corrected chi connectivity index (χ3v) is 3.95. The molecule has 0 spiro atoms. The molecule has 0 aliphatic heterocycles. The van der Waals surface area contributed by atoms with Gasteiger partial charge in [0.25, 0.3) is 0 Å². The van der Waals surface area contributed by atoms with E-state index in [1.54, 1.807) is 11.8 Å². The minimum Gasteiger partial charge on any atom is -0.457 e. The summed E-state index contributed by atoms with van der Waals surface area (Å²) in [6, 6.07) is 13.5. The second-order valence-corrected chi connectivity index (χ2v) is 6.02. The Kier molecular flexibility index (Phi) is 4.85. The van der Waals surface area contributed by atoms with Crippen LogP contribution in [0.3, 0.4) is 0 Å². The molecule has 0 atom stereocenters. The lowest BCUT2D eigenvalue weighted by Crippen LogP contribution is -2.10. The maximum absolute atomic E-state index is 5.83. The first-order valence-electron chi connectivity index (χ1n) is 5.51. The third kappa shape index (κ3) is 3.72. The zero-order valence-corrected chi connectivity index (χ0v) is 13.4. The zero-order valence-electron chi connectivity index (χ0n) is 10.2. The molecule has 0 fully saturated rings. The fraction of sp³-hybridized carbons (Fsp3) is 0.0714. The van der Waals surface area contributed by atoms with Crippen LogP contribution in [0.5, 0.6) is 11.5 Å². The van der Waals surface area contributed by atoms with Crippen LogP contribution in [0.2, 0.25) is 0 Å². The molecule has 0 aromatic heterocycles. The average molecular weight is 354 g/mol. The molecule has 2 N–H and O–H groups in total. The van der Waals surface area contributed by atoms with E-state index in [4.69, 9.17) is 22.7 Å². The van der Waals surface area contributed by atoms with Gasteiger partial charge in [-0.25, -0.2) is 0 Å². The molecular formula is C14H12BrNOS2. The molecule has 5 heteroatoms. The number of hydrogen-bond donors (Lipinski definition) is 1. The second kappa shape index (κ2) is 6.41. The molecule has 0 heterocycles. The lowest BCUT2D eigenvalue weighted by Gasteiger charge is -2.11. The van der Waals surface area contributed by atoms with Gasteiger partial charge in [0.1, 0.15) is 16.5 Å². The summed E-state index contributed by atoms with van der Waals surface area (Å²) in [5.74, 6) is 1.42. The van der Waals surface area contributed by atoms with E-state index in [-0.39, 0.29) is 0 Å². The van der Waals surface area contributed by atoms with Crippen LogP contribution in [0.4, 0.5) is 0 Å². The minimum atomic E-state index is 0.317. The highest BCUT2D eigenvalue weighted by Gasteiger charge is 2.08. The Morgan fingerprint density at radius 3 is 2.47 bits per heavy atom. The predicted molar refractivity (Wildman–Crippen MR) is 88.3 cm³/mol. The Morgan fingerprint density at radius 1 is 1.21 bits per heavy atom. The van der Waals surface area contributed by atoms with Crippen molar-refractivity contribution in [2.24, 2.45) is 5.73 Å². The Bertz CT molecular complexity index is 599. The number of nitrogens with two attached hydrogens (primary N) is 1. The van der Waals surface area contributed by atoms with E-state index in [1.165, 1.54) is 4.90 Å². The fourth-order valence-electron chi connectivity index (χ4n) is 1.55. The first-order chi connectivity index (χ1) is 9.10. The molecule has 98 valence electrons. The van der Waals surface area contributed by atoms with Crippen molar-refractivity contribution in [3.63, 3.8) is 0 Å². The van der Waals surface area contributed by atoms with E-state index in [0.717, 1.165) is 15.8 Å². The van der Waals surface area contributed by atoms with Gasteiger partial charge in [0.05, 0.1) is 5.56 Å². The van der Waals surface area contributed by atoms with Crippen LogP contribution in [-0.4, -0.2) is 11.2 Å². The predicted octanol–water partition coefficient (Wildman–Crippen LogP) is 4.60. The Hall–Kier alpha value is -1.04. The van der Waals surface area contributed by atoms with Crippen molar-refractivity contribution in [2.45, 2.75) is 4.90 Å². The standard InChI is InChI=1S/C14H12BrNOS2/c1-19-11-5-3-10(4-6-11)17-13-7-2-9(15)8-12(13)14(16)18/h2-8H,1H3,(H2,16,18). The monoisotopic (exact) mass is 353 g/mol. The molecule has 0 aliphatic rings. The highest BCUT2D eigenvalue weighted by molar-refractivity contribution is 9.10. The second-order valence-electron chi connectivity index (χ2n) is 3.78. The minimum absolute atomic E-state index is 0.317. The van der Waals surface area contributed by atoms with Gasteiger partial charge in [0.2, 0.25) is 0 Å². The summed E-state index contributed by atoms with van der Waals surface area (Å²) < 4.78 is 6.74. The van der Waals surface area contributed by atoms with Crippen LogP contribution in [0.1, 0.15) is 5.56 Å². The zero-order chi connectivity index (χ0) is 13.8. The molecule has 19 heavy (non-hydrogen) atoms. The highest BCUT2D eigenvalue weighted by Crippen LogP contribution is 2.29. The molecule has 2 rings (SSSR count). The smallest absolute Gasteiger partial charge is 0.137 e. The lowest BCUT2D eigenvalue weighted by atomic mass is 10.2. The number of ether oxygens (including phenoxy) is 1. The van der Waals surface area contributed by atoms with Crippen molar-refractivity contribution in [1.82, 2.24) is 0 Å². The third-order valence-electron chi connectivity index (χ3n) is 2.49. The quantitative estimate of drug-likeness (QED) is 0.643. The van der Waals surface area contributed by atoms with Crippen LogP contribution in [0.15, 0.2) is 51.8 Å². The van der Waals surface area contributed by atoms with Crippen LogP contribution in [0, 0.1) is 0 Å². The van der Waals surface area contributed by atoms with Crippen LogP contribution >= 0.6 is 39.9 Å². The number of thiocarbonyl (C=S) groups is 1. The van der Waals surface area contributed by atoms with Crippen LogP contribution in [0.25, 0.3) is 0 Å². The first kappa shape index (κ1) is 14.4. The topological polar surface area (TPSA) is 35.2 Å². The number of benzene rings is 2. The van der Waals surface area contributed by atoms with Crippen molar-refractivity contribution < 1.29 is 4.74 Å². The van der Waals surface area contributed by atoms with Crippen molar-refractivity contribution in [2.75, 3.05) is 6.26 Å². The van der Waals surface area contributed by atoms with Gasteiger partial charge in [0.15, 0.2) is 0 Å². The van der Waals surface area contributed by atoms with Crippen molar-refractivity contribution in [3.8, 4) is 11.5 Å². The lowest BCUT2D eigenvalue weighted by molar-refractivity contribution is 0.481. The van der Waals surface area contributed by atoms with Crippen molar-refractivity contribution in [1.29, 1.82) is 0 Å². The Balaban J connectivity index is 2.29. The summed E-state index contributed by atoms with van der Waals surface area (Å²) in [7, 11) is 0. The number of hydrogen-bond acceptors (Lipinski definition) is 3. The molecule has 0 saturated carbocycles. The molecular weight excluding hydrogens is 342 g/mol. The SMILES string of the molecule is CSc1ccc(Oc2ccc(Br)cc2C(N)=S)cc1. The summed E-state index contributed by atoms with van der Waals surface area (Å²) >= 11 is 10.1. The number of rotatable bonds is 4. The highest BCUT2D eigenvalue weighted by atomic mass is 79.9. The van der Waals surface area contributed by atoms with Gasteiger partial charge in [-0.1, -0.05) is 28.1 Å². The fourth-order valence-corrected chi connectivity index (χ4v) is 2.48. The summed E-state index contributed by atoms with van der Waals surface area (Å²) in [5.41, 5.74) is 6.43. The summed E-state index contributed by atoms with van der Waals surface area (Å²) in [4.78, 5) is 1.51. The Labute approximate surface area is 130 Å². The molecule has 0 aliphatic carbocycles. The van der Waals surface area contributed by atoms with Crippen molar-refractivity contribution >= 4 is 44.9 Å². The largest absolute Gasteiger partial charge is 0.457 e. The molecule has 0 amide bonds. The molecule has 0 bridgehead atoms. The first-order valence-corrected chi connectivity index (χ1v) is 7.94. The van der Waals surface area contributed by atoms with Crippen LogP contribution < -0.4 is 10.5 Å². The van der Waals surface area contributed by atoms with E-state index < -0.39 is 0 Å². The Morgan fingerprint density at radius 2 is 1.89 bits per heavy atom. The maximum Gasteiger partial charge on any atom is 0.137 e. The number of halogens is 1. The van der Waals surface area contributed by atoms with Gasteiger partial charge in [-0.05, 0) is 48.7 Å². The van der Waals surface area contributed by atoms with Gasteiger partial charge >= 0.3 is 0 Å². The van der Waals surface area contributed by atoms with Gasteiger partial charge < -0.3 is 10.5 Å². The van der Waals surface area contributed by atoms with E-state index in [0.29, 0.717) is 10.7 Å². The molecule has 0 unspecified atom stereocenters. The molecule has 2 aromatic carbocycles. The van der Waals surface area contributed by atoms with E-state index in [1.807, 2.05) is 48.7 Å². The van der Waals surface area contributed by atoms with E-state index in [2.05, 4.69) is 15.9 Å². The summed E-state index contributed by atoms with van der Waals surface area (Å²) in [6.07, 6.45) is 2.04. The molecule has 0 radical (unpaired) electrons.